The molecule has 2 heteroatoms. The Kier molecular flexibility index (Phi) is 4.61. The molecule has 0 radical (unpaired) electrons. The minimum atomic E-state index is 0.406. The number of ether oxygens (including phenoxy) is 1. The Morgan fingerprint density at radius 3 is 2.54 bits per heavy atom. The SMILES string of the molecule is C/C=C\C(=C/C)OC1CCNCC1. The van der Waals surface area contributed by atoms with Crippen molar-refractivity contribution in [2.24, 2.45) is 0 Å². The van der Waals surface area contributed by atoms with Crippen molar-refractivity contribution >= 4 is 0 Å². The maximum Gasteiger partial charge on any atom is 0.115 e. The van der Waals surface area contributed by atoms with Crippen LogP contribution in [0.25, 0.3) is 0 Å². The van der Waals surface area contributed by atoms with E-state index in [2.05, 4.69) is 5.32 Å². The van der Waals surface area contributed by atoms with Crippen LogP contribution in [0.15, 0.2) is 24.0 Å². The van der Waals surface area contributed by atoms with Gasteiger partial charge in [0.25, 0.3) is 0 Å². The molecule has 1 fully saturated rings. The average molecular weight is 181 g/mol. The molecule has 0 bridgehead atoms. The molecule has 0 aromatic carbocycles. The summed E-state index contributed by atoms with van der Waals surface area (Å²) >= 11 is 0. The van der Waals surface area contributed by atoms with Gasteiger partial charge in [-0.1, -0.05) is 6.08 Å². The summed E-state index contributed by atoms with van der Waals surface area (Å²) < 4.78 is 5.82. The third-order valence-corrected chi connectivity index (χ3v) is 2.20. The molecule has 0 unspecified atom stereocenters. The van der Waals surface area contributed by atoms with Gasteiger partial charge in [0, 0.05) is 0 Å². The Balaban J connectivity index is 2.36. The van der Waals surface area contributed by atoms with E-state index in [1.54, 1.807) is 0 Å². The quantitative estimate of drug-likeness (QED) is 0.532. The van der Waals surface area contributed by atoms with Crippen LogP contribution >= 0.6 is 0 Å². The van der Waals surface area contributed by atoms with E-state index in [9.17, 15) is 0 Å². The lowest BCUT2D eigenvalue weighted by molar-refractivity contribution is 0.0957. The molecule has 0 aromatic rings. The van der Waals surface area contributed by atoms with E-state index in [4.69, 9.17) is 4.74 Å². The van der Waals surface area contributed by atoms with Crippen LogP contribution in [-0.4, -0.2) is 19.2 Å². The van der Waals surface area contributed by atoms with Gasteiger partial charge in [-0.3, -0.25) is 0 Å². The molecule has 74 valence electrons. The number of piperidine rings is 1. The zero-order chi connectivity index (χ0) is 9.52. The predicted octanol–water partition coefficient (Wildman–Crippen LogP) is 2.23. The first kappa shape index (κ1) is 10.3. The van der Waals surface area contributed by atoms with Crippen molar-refractivity contribution in [2.45, 2.75) is 32.8 Å². The predicted molar refractivity (Wildman–Crippen MR) is 55.5 cm³/mol. The van der Waals surface area contributed by atoms with Gasteiger partial charge in [-0.2, -0.15) is 0 Å². The molecule has 0 aromatic heterocycles. The molecular formula is C11H19NO. The molecule has 13 heavy (non-hydrogen) atoms. The van der Waals surface area contributed by atoms with Crippen molar-refractivity contribution in [2.75, 3.05) is 13.1 Å². The largest absolute Gasteiger partial charge is 0.491 e. The van der Waals surface area contributed by atoms with Gasteiger partial charge in [0.2, 0.25) is 0 Å². The molecule has 0 atom stereocenters. The fourth-order valence-corrected chi connectivity index (χ4v) is 1.47. The van der Waals surface area contributed by atoms with E-state index in [-0.39, 0.29) is 0 Å². The molecular weight excluding hydrogens is 162 g/mol. The van der Waals surface area contributed by atoms with Crippen LogP contribution < -0.4 is 5.32 Å². The normalized spacial score (nSPS) is 20.9. The molecule has 1 rings (SSSR count). The Hall–Kier alpha value is -0.760. The van der Waals surface area contributed by atoms with Crippen molar-refractivity contribution in [3.8, 4) is 0 Å². The standard InChI is InChI=1S/C11H19NO/c1-3-5-10(4-2)13-11-6-8-12-9-7-11/h3-5,11-12H,6-9H2,1-2H3/b5-3-,10-4+. The summed E-state index contributed by atoms with van der Waals surface area (Å²) in [7, 11) is 0. The van der Waals surface area contributed by atoms with Gasteiger partial charge in [0.15, 0.2) is 0 Å². The minimum Gasteiger partial charge on any atom is -0.491 e. The van der Waals surface area contributed by atoms with Crippen molar-refractivity contribution in [1.29, 1.82) is 0 Å². The number of hydrogen-bond donors (Lipinski definition) is 1. The molecule has 1 N–H and O–H groups in total. The van der Waals surface area contributed by atoms with Gasteiger partial charge in [0.1, 0.15) is 11.9 Å². The first-order valence-electron chi connectivity index (χ1n) is 5.03. The molecule has 0 aliphatic carbocycles. The average Bonchev–Trinajstić information content (AvgIpc) is 2.19. The van der Waals surface area contributed by atoms with Gasteiger partial charge < -0.3 is 10.1 Å². The summed E-state index contributed by atoms with van der Waals surface area (Å²) in [4.78, 5) is 0. The van der Waals surface area contributed by atoms with E-state index in [0.29, 0.717) is 6.10 Å². The van der Waals surface area contributed by atoms with Crippen LogP contribution in [0.4, 0.5) is 0 Å². The summed E-state index contributed by atoms with van der Waals surface area (Å²) in [5, 5.41) is 3.32. The van der Waals surface area contributed by atoms with Crippen LogP contribution in [-0.2, 0) is 4.74 Å². The van der Waals surface area contributed by atoms with Crippen molar-refractivity contribution in [3.63, 3.8) is 0 Å². The lowest BCUT2D eigenvalue weighted by Gasteiger charge is -2.24. The highest BCUT2D eigenvalue weighted by atomic mass is 16.5. The smallest absolute Gasteiger partial charge is 0.115 e. The topological polar surface area (TPSA) is 21.3 Å². The van der Waals surface area contributed by atoms with Gasteiger partial charge in [0.05, 0.1) is 0 Å². The second-order valence-electron chi connectivity index (χ2n) is 3.26. The molecule has 0 spiro atoms. The monoisotopic (exact) mass is 181 g/mol. The molecule has 0 saturated carbocycles. The second kappa shape index (κ2) is 5.81. The highest BCUT2D eigenvalue weighted by Crippen LogP contribution is 2.12. The Morgan fingerprint density at radius 1 is 1.31 bits per heavy atom. The number of nitrogens with one attached hydrogen (secondary N) is 1. The first-order valence-corrected chi connectivity index (χ1v) is 5.03. The summed E-state index contributed by atoms with van der Waals surface area (Å²) in [5.41, 5.74) is 0. The molecule has 1 saturated heterocycles. The van der Waals surface area contributed by atoms with Gasteiger partial charge in [-0.05, 0) is 51.9 Å². The van der Waals surface area contributed by atoms with Crippen LogP contribution in [0.3, 0.4) is 0 Å². The minimum absolute atomic E-state index is 0.406. The summed E-state index contributed by atoms with van der Waals surface area (Å²) in [6, 6.07) is 0. The number of rotatable bonds is 3. The van der Waals surface area contributed by atoms with Crippen LogP contribution in [0.2, 0.25) is 0 Å². The zero-order valence-electron chi connectivity index (χ0n) is 8.55. The Bertz CT molecular complexity index is 190. The van der Waals surface area contributed by atoms with Crippen molar-refractivity contribution in [1.82, 2.24) is 5.32 Å². The molecule has 1 aliphatic rings. The lowest BCUT2D eigenvalue weighted by atomic mass is 10.1. The van der Waals surface area contributed by atoms with E-state index in [1.165, 1.54) is 0 Å². The maximum atomic E-state index is 5.82. The van der Waals surface area contributed by atoms with Gasteiger partial charge in [-0.15, -0.1) is 0 Å². The number of allylic oxidation sites excluding steroid dienone is 3. The van der Waals surface area contributed by atoms with E-state index >= 15 is 0 Å². The fraction of sp³-hybridized carbons (Fsp3) is 0.636. The van der Waals surface area contributed by atoms with E-state index < -0.39 is 0 Å². The van der Waals surface area contributed by atoms with Crippen molar-refractivity contribution in [3.05, 3.63) is 24.0 Å². The fourth-order valence-electron chi connectivity index (χ4n) is 1.47. The lowest BCUT2D eigenvalue weighted by Crippen LogP contribution is -2.32. The summed E-state index contributed by atoms with van der Waals surface area (Å²) in [6.07, 6.45) is 8.69. The van der Waals surface area contributed by atoms with Crippen LogP contribution in [0.5, 0.6) is 0 Å². The second-order valence-corrected chi connectivity index (χ2v) is 3.26. The van der Waals surface area contributed by atoms with Gasteiger partial charge in [-0.25, -0.2) is 0 Å². The molecule has 1 aliphatic heterocycles. The zero-order valence-corrected chi connectivity index (χ0v) is 8.55. The summed E-state index contributed by atoms with van der Waals surface area (Å²) in [6.45, 7) is 6.18. The van der Waals surface area contributed by atoms with E-state index in [1.807, 2.05) is 32.1 Å². The highest BCUT2D eigenvalue weighted by molar-refractivity contribution is 5.10. The first-order chi connectivity index (χ1) is 6.36. The highest BCUT2D eigenvalue weighted by Gasteiger charge is 2.13. The van der Waals surface area contributed by atoms with Crippen LogP contribution in [0, 0.1) is 0 Å². The van der Waals surface area contributed by atoms with Crippen molar-refractivity contribution < 1.29 is 4.74 Å². The van der Waals surface area contributed by atoms with Crippen LogP contribution in [0.1, 0.15) is 26.7 Å². The van der Waals surface area contributed by atoms with Gasteiger partial charge >= 0.3 is 0 Å². The molecule has 1 heterocycles. The Labute approximate surface area is 80.7 Å². The third-order valence-electron chi connectivity index (χ3n) is 2.20. The maximum absolute atomic E-state index is 5.82. The summed E-state index contributed by atoms with van der Waals surface area (Å²) in [5.74, 6) is 0.995. The number of hydrogen-bond acceptors (Lipinski definition) is 2. The van der Waals surface area contributed by atoms with E-state index in [0.717, 1.165) is 31.7 Å². The molecule has 2 nitrogen and oxygen atoms in total. The molecule has 0 amide bonds. The third kappa shape index (κ3) is 3.64. The Morgan fingerprint density at radius 2 is 2.00 bits per heavy atom.